The van der Waals surface area contributed by atoms with Crippen LogP contribution in [0, 0.1) is 19.8 Å². The van der Waals surface area contributed by atoms with Crippen molar-refractivity contribution in [2.45, 2.75) is 19.9 Å². The van der Waals surface area contributed by atoms with Gasteiger partial charge in [0.15, 0.2) is 0 Å². The standard InChI is InChI=1S/C15H20N2O4/c1-9-4-10(2)6-11(5-9)17(3)15(20)16-13-8-21-7-12(13)14(18)19/h4-6,12-13H,7-8H2,1-3H3,(H,16,20)(H,18,19). The molecule has 1 heterocycles. The number of aliphatic carboxylic acids is 1. The Hall–Kier alpha value is -2.08. The smallest absolute Gasteiger partial charge is 0.321 e. The molecule has 0 spiro atoms. The van der Waals surface area contributed by atoms with Gasteiger partial charge in [0, 0.05) is 12.7 Å². The second-order valence-electron chi connectivity index (χ2n) is 5.44. The van der Waals surface area contributed by atoms with E-state index in [9.17, 15) is 9.59 Å². The van der Waals surface area contributed by atoms with Crippen molar-refractivity contribution in [3.63, 3.8) is 0 Å². The molecule has 2 rings (SSSR count). The molecule has 21 heavy (non-hydrogen) atoms. The van der Waals surface area contributed by atoms with Crippen LogP contribution in [-0.4, -0.2) is 43.4 Å². The molecule has 2 N–H and O–H groups in total. The lowest BCUT2D eigenvalue weighted by molar-refractivity contribution is -0.142. The van der Waals surface area contributed by atoms with E-state index in [1.54, 1.807) is 7.05 Å². The fourth-order valence-electron chi connectivity index (χ4n) is 2.46. The minimum atomic E-state index is -0.952. The van der Waals surface area contributed by atoms with Crippen molar-refractivity contribution in [2.75, 3.05) is 25.2 Å². The monoisotopic (exact) mass is 292 g/mol. The van der Waals surface area contributed by atoms with Crippen LogP contribution in [0.5, 0.6) is 0 Å². The van der Waals surface area contributed by atoms with Crippen LogP contribution in [0.15, 0.2) is 18.2 Å². The zero-order valence-electron chi connectivity index (χ0n) is 12.4. The van der Waals surface area contributed by atoms with Gasteiger partial charge in [-0.2, -0.15) is 0 Å². The number of hydrogen-bond acceptors (Lipinski definition) is 3. The summed E-state index contributed by atoms with van der Waals surface area (Å²) in [4.78, 5) is 24.8. The van der Waals surface area contributed by atoms with Gasteiger partial charge in [0.25, 0.3) is 0 Å². The Labute approximate surface area is 123 Å². The number of carboxylic acid groups (broad SMARTS) is 1. The van der Waals surface area contributed by atoms with Crippen LogP contribution in [0.25, 0.3) is 0 Å². The van der Waals surface area contributed by atoms with E-state index in [1.165, 1.54) is 4.90 Å². The van der Waals surface area contributed by atoms with Crippen LogP contribution in [0.2, 0.25) is 0 Å². The molecule has 2 atom stereocenters. The molecule has 0 saturated carbocycles. The normalized spacial score (nSPS) is 21.1. The van der Waals surface area contributed by atoms with Gasteiger partial charge >= 0.3 is 12.0 Å². The van der Waals surface area contributed by atoms with E-state index in [0.29, 0.717) is 0 Å². The molecule has 2 amide bonds. The first kappa shape index (κ1) is 15.3. The highest BCUT2D eigenvalue weighted by Crippen LogP contribution is 2.19. The number of ether oxygens (including phenoxy) is 1. The quantitative estimate of drug-likeness (QED) is 0.886. The van der Waals surface area contributed by atoms with Crippen LogP contribution >= 0.6 is 0 Å². The number of aryl methyl sites for hydroxylation is 2. The van der Waals surface area contributed by atoms with E-state index in [1.807, 2.05) is 32.0 Å². The second kappa shape index (κ2) is 6.13. The molecule has 0 aromatic heterocycles. The predicted octanol–water partition coefficient (Wildman–Crippen LogP) is 1.55. The lowest BCUT2D eigenvalue weighted by Crippen LogP contribution is -2.48. The van der Waals surface area contributed by atoms with Gasteiger partial charge in [-0.1, -0.05) is 6.07 Å². The number of carbonyl (C=O) groups is 2. The molecule has 0 radical (unpaired) electrons. The molecule has 6 heteroatoms. The maximum absolute atomic E-state index is 12.3. The fourth-order valence-corrected chi connectivity index (χ4v) is 2.46. The molecular weight excluding hydrogens is 272 g/mol. The number of nitrogens with one attached hydrogen (secondary N) is 1. The van der Waals surface area contributed by atoms with Crippen LogP contribution in [-0.2, 0) is 9.53 Å². The van der Waals surface area contributed by atoms with Gasteiger partial charge in [-0.05, 0) is 37.1 Å². The van der Waals surface area contributed by atoms with E-state index < -0.39 is 17.9 Å². The van der Waals surface area contributed by atoms with Crippen LogP contribution in [0.1, 0.15) is 11.1 Å². The number of carbonyl (C=O) groups excluding carboxylic acids is 1. The third kappa shape index (κ3) is 3.52. The number of carboxylic acids is 1. The number of hydrogen-bond donors (Lipinski definition) is 2. The highest BCUT2D eigenvalue weighted by atomic mass is 16.5. The van der Waals surface area contributed by atoms with Gasteiger partial charge in [-0.25, -0.2) is 4.79 Å². The average Bonchev–Trinajstić information content (AvgIpc) is 2.84. The summed E-state index contributed by atoms with van der Waals surface area (Å²) in [5.74, 6) is -1.64. The van der Waals surface area contributed by atoms with Gasteiger partial charge in [-0.15, -0.1) is 0 Å². The van der Waals surface area contributed by atoms with Gasteiger partial charge in [-0.3, -0.25) is 9.69 Å². The topological polar surface area (TPSA) is 78.9 Å². The number of urea groups is 1. The molecular formula is C15H20N2O4. The van der Waals surface area contributed by atoms with Gasteiger partial charge < -0.3 is 15.2 Å². The molecule has 1 fully saturated rings. The molecule has 6 nitrogen and oxygen atoms in total. The van der Waals surface area contributed by atoms with E-state index in [2.05, 4.69) is 5.32 Å². The summed E-state index contributed by atoms with van der Waals surface area (Å²) in [6, 6.07) is 5.02. The maximum atomic E-state index is 12.3. The van der Waals surface area contributed by atoms with Crippen LogP contribution < -0.4 is 10.2 Å². The largest absolute Gasteiger partial charge is 0.481 e. The summed E-state index contributed by atoms with van der Waals surface area (Å²) in [6.45, 7) is 4.29. The Morgan fingerprint density at radius 2 is 1.86 bits per heavy atom. The molecule has 114 valence electrons. The van der Waals surface area contributed by atoms with Gasteiger partial charge in [0.05, 0.1) is 19.3 Å². The molecule has 1 saturated heterocycles. The van der Waals surface area contributed by atoms with E-state index in [0.717, 1.165) is 16.8 Å². The first-order chi connectivity index (χ1) is 9.88. The highest BCUT2D eigenvalue weighted by molar-refractivity contribution is 5.92. The molecule has 0 bridgehead atoms. The first-order valence-electron chi connectivity index (χ1n) is 6.81. The number of amides is 2. The zero-order chi connectivity index (χ0) is 15.6. The van der Waals surface area contributed by atoms with Crippen molar-refractivity contribution in [1.29, 1.82) is 0 Å². The first-order valence-corrected chi connectivity index (χ1v) is 6.81. The summed E-state index contributed by atoms with van der Waals surface area (Å²) >= 11 is 0. The Morgan fingerprint density at radius 1 is 1.24 bits per heavy atom. The Balaban J connectivity index is 2.07. The Bertz CT molecular complexity index is 538. The van der Waals surface area contributed by atoms with Gasteiger partial charge in [0.1, 0.15) is 5.92 Å². The van der Waals surface area contributed by atoms with Crippen molar-refractivity contribution >= 4 is 17.7 Å². The van der Waals surface area contributed by atoms with Crippen molar-refractivity contribution in [3.05, 3.63) is 29.3 Å². The maximum Gasteiger partial charge on any atom is 0.321 e. The van der Waals surface area contributed by atoms with E-state index >= 15 is 0 Å². The molecule has 1 aliphatic rings. The third-order valence-corrected chi connectivity index (χ3v) is 3.60. The molecule has 0 aliphatic carbocycles. The number of rotatable bonds is 3. The van der Waals surface area contributed by atoms with Crippen molar-refractivity contribution in [1.82, 2.24) is 5.32 Å². The number of nitrogens with zero attached hydrogens (tertiary/aromatic N) is 1. The van der Waals surface area contributed by atoms with E-state index in [4.69, 9.17) is 9.84 Å². The molecule has 1 aromatic rings. The summed E-state index contributed by atoms with van der Waals surface area (Å²) < 4.78 is 5.14. The lowest BCUT2D eigenvalue weighted by Gasteiger charge is -2.23. The molecule has 2 unspecified atom stereocenters. The van der Waals surface area contributed by atoms with E-state index in [-0.39, 0.29) is 19.2 Å². The Kier molecular flexibility index (Phi) is 4.47. The highest BCUT2D eigenvalue weighted by Gasteiger charge is 2.35. The summed E-state index contributed by atoms with van der Waals surface area (Å²) in [5.41, 5.74) is 2.91. The minimum Gasteiger partial charge on any atom is -0.481 e. The summed E-state index contributed by atoms with van der Waals surface area (Å²) in [5, 5.41) is 11.8. The summed E-state index contributed by atoms with van der Waals surface area (Å²) in [7, 11) is 1.66. The lowest BCUT2D eigenvalue weighted by atomic mass is 10.0. The minimum absolute atomic E-state index is 0.132. The van der Waals surface area contributed by atoms with Gasteiger partial charge in [0.2, 0.25) is 0 Å². The number of anilines is 1. The van der Waals surface area contributed by atoms with Crippen molar-refractivity contribution in [3.8, 4) is 0 Å². The average molecular weight is 292 g/mol. The second-order valence-corrected chi connectivity index (χ2v) is 5.44. The summed E-state index contributed by atoms with van der Waals surface area (Å²) in [6.07, 6.45) is 0. The Morgan fingerprint density at radius 3 is 2.43 bits per heavy atom. The molecule has 1 aliphatic heterocycles. The predicted molar refractivity (Wildman–Crippen MR) is 78.6 cm³/mol. The van der Waals surface area contributed by atoms with Crippen molar-refractivity contribution in [2.24, 2.45) is 5.92 Å². The molecule has 1 aromatic carbocycles. The fraction of sp³-hybridized carbons (Fsp3) is 0.467. The van der Waals surface area contributed by atoms with Crippen LogP contribution in [0.3, 0.4) is 0 Å². The SMILES string of the molecule is Cc1cc(C)cc(N(C)C(=O)NC2COCC2C(=O)O)c1. The van der Waals surface area contributed by atoms with Crippen LogP contribution in [0.4, 0.5) is 10.5 Å². The zero-order valence-corrected chi connectivity index (χ0v) is 12.4. The number of benzene rings is 1. The van der Waals surface area contributed by atoms with Crippen molar-refractivity contribution < 1.29 is 19.4 Å². The third-order valence-electron chi connectivity index (χ3n) is 3.60.